The summed E-state index contributed by atoms with van der Waals surface area (Å²) in [5.41, 5.74) is 6.48. The molecule has 0 heterocycles. The number of hydrogen-bond acceptors (Lipinski definition) is 3. The fourth-order valence-corrected chi connectivity index (χ4v) is 1.56. The molecule has 0 bridgehead atoms. The Kier molecular flexibility index (Phi) is 6.66. The molecule has 0 aliphatic carbocycles. The van der Waals surface area contributed by atoms with E-state index < -0.39 is 0 Å². The van der Waals surface area contributed by atoms with Gasteiger partial charge in [-0.2, -0.15) is 0 Å². The largest absolute Gasteiger partial charge is 0.374 e. The van der Waals surface area contributed by atoms with E-state index in [4.69, 9.17) is 15.2 Å². The molecule has 0 spiro atoms. The van der Waals surface area contributed by atoms with Crippen LogP contribution in [0.1, 0.15) is 31.9 Å². The number of nitrogens with two attached hydrogens (primary N) is 1. The normalized spacial score (nSPS) is 11.1. The summed E-state index contributed by atoms with van der Waals surface area (Å²) in [4.78, 5) is 0. The van der Waals surface area contributed by atoms with Crippen LogP contribution in [0.5, 0.6) is 0 Å². The van der Waals surface area contributed by atoms with Crippen LogP contribution in [0.3, 0.4) is 0 Å². The Morgan fingerprint density at radius 3 is 2.60 bits per heavy atom. The van der Waals surface area contributed by atoms with Crippen molar-refractivity contribution in [3.63, 3.8) is 0 Å². The second kappa shape index (κ2) is 8.01. The van der Waals surface area contributed by atoms with Crippen LogP contribution in [0, 0.1) is 17.7 Å². The quantitative estimate of drug-likeness (QED) is 0.665. The van der Waals surface area contributed by atoms with Crippen LogP contribution in [0.2, 0.25) is 0 Å². The van der Waals surface area contributed by atoms with Crippen LogP contribution in [-0.4, -0.2) is 25.4 Å². The van der Waals surface area contributed by atoms with Gasteiger partial charge in [0, 0.05) is 5.56 Å². The number of rotatable bonds is 5. The summed E-state index contributed by atoms with van der Waals surface area (Å²) in [6.07, 6.45) is 0. The maximum absolute atomic E-state index is 13.4. The molecule has 0 saturated heterocycles. The highest BCUT2D eigenvalue weighted by atomic mass is 19.1. The third-order valence-corrected chi connectivity index (χ3v) is 2.32. The summed E-state index contributed by atoms with van der Waals surface area (Å²) in [5.74, 6) is 5.19. The summed E-state index contributed by atoms with van der Waals surface area (Å²) in [6.45, 7) is 7.54. The molecule has 0 unspecified atom stereocenters. The average molecular weight is 279 g/mol. The van der Waals surface area contributed by atoms with Crippen LogP contribution in [0.4, 0.5) is 4.39 Å². The number of halogens is 1. The fraction of sp³-hybridized carbons (Fsp3) is 0.500. The van der Waals surface area contributed by atoms with E-state index in [0.29, 0.717) is 25.4 Å². The van der Waals surface area contributed by atoms with Gasteiger partial charge in [-0.15, -0.1) is 0 Å². The Balaban J connectivity index is 2.46. The minimum Gasteiger partial charge on any atom is -0.374 e. The van der Waals surface area contributed by atoms with Gasteiger partial charge >= 0.3 is 0 Å². The molecule has 4 heteroatoms. The Bertz CT molecular complexity index is 483. The highest BCUT2D eigenvalue weighted by molar-refractivity contribution is 5.37. The van der Waals surface area contributed by atoms with Crippen molar-refractivity contribution in [2.45, 2.75) is 33.0 Å². The van der Waals surface area contributed by atoms with Crippen molar-refractivity contribution in [3.8, 4) is 11.8 Å². The fourth-order valence-electron chi connectivity index (χ4n) is 1.56. The van der Waals surface area contributed by atoms with E-state index in [9.17, 15) is 4.39 Å². The van der Waals surface area contributed by atoms with Crippen molar-refractivity contribution < 1.29 is 13.9 Å². The molecule has 3 nitrogen and oxygen atoms in total. The third kappa shape index (κ3) is 7.25. The molecule has 110 valence electrons. The highest BCUT2D eigenvalue weighted by Gasteiger charge is 2.09. The lowest BCUT2D eigenvalue weighted by Crippen LogP contribution is -2.21. The number of hydrogen-bond donors (Lipinski definition) is 1. The minimum absolute atomic E-state index is 0.173. The van der Waals surface area contributed by atoms with Gasteiger partial charge < -0.3 is 15.2 Å². The van der Waals surface area contributed by atoms with Crippen molar-refractivity contribution in [1.29, 1.82) is 0 Å². The summed E-state index contributed by atoms with van der Waals surface area (Å²) in [5, 5.41) is 0. The van der Waals surface area contributed by atoms with E-state index in [1.807, 2.05) is 20.8 Å². The van der Waals surface area contributed by atoms with Crippen LogP contribution < -0.4 is 5.73 Å². The van der Waals surface area contributed by atoms with E-state index in [2.05, 4.69) is 11.8 Å². The molecule has 0 saturated carbocycles. The molecule has 0 amide bonds. The van der Waals surface area contributed by atoms with Crippen molar-refractivity contribution in [1.82, 2.24) is 0 Å². The SMILES string of the molecule is CC(C)(C)OCCOCc1cc(F)cc(C#CCN)c1. The number of ether oxygens (including phenoxy) is 2. The smallest absolute Gasteiger partial charge is 0.124 e. The molecule has 1 rings (SSSR count). The van der Waals surface area contributed by atoms with Gasteiger partial charge in [0.15, 0.2) is 0 Å². The molecule has 0 atom stereocenters. The molecule has 0 aliphatic heterocycles. The first-order valence-corrected chi connectivity index (χ1v) is 6.61. The molecule has 0 radical (unpaired) electrons. The van der Waals surface area contributed by atoms with E-state index in [1.54, 1.807) is 6.07 Å². The van der Waals surface area contributed by atoms with Crippen molar-refractivity contribution in [2.75, 3.05) is 19.8 Å². The molecule has 1 aromatic carbocycles. The second-order valence-electron chi connectivity index (χ2n) is 5.37. The zero-order chi connectivity index (χ0) is 15.0. The van der Waals surface area contributed by atoms with Gasteiger partial charge in [-0.3, -0.25) is 0 Å². The van der Waals surface area contributed by atoms with Crippen LogP contribution in [0.15, 0.2) is 18.2 Å². The molecule has 1 aromatic rings. The van der Waals surface area contributed by atoms with Gasteiger partial charge in [-0.25, -0.2) is 4.39 Å². The van der Waals surface area contributed by atoms with Gasteiger partial charge in [0.25, 0.3) is 0 Å². The molecule has 0 fully saturated rings. The molecular formula is C16H22FNO2. The Hall–Kier alpha value is -1.41. The van der Waals surface area contributed by atoms with Gasteiger partial charge in [0.05, 0.1) is 32.0 Å². The third-order valence-electron chi connectivity index (χ3n) is 2.32. The lowest BCUT2D eigenvalue weighted by Gasteiger charge is -2.19. The van der Waals surface area contributed by atoms with Crippen molar-refractivity contribution >= 4 is 0 Å². The zero-order valence-electron chi connectivity index (χ0n) is 12.3. The van der Waals surface area contributed by atoms with E-state index >= 15 is 0 Å². The minimum atomic E-state index is -0.321. The molecule has 2 N–H and O–H groups in total. The maximum Gasteiger partial charge on any atom is 0.124 e. The van der Waals surface area contributed by atoms with Crippen LogP contribution in [0.25, 0.3) is 0 Å². The first-order chi connectivity index (χ1) is 9.40. The topological polar surface area (TPSA) is 44.5 Å². The predicted octanol–water partition coefficient (Wildman–Crippen LogP) is 2.47. The molecule has 0 aromatic heterocycles. The van der Waals surface area contributed by atoms with Crippen LogP contribution >= 0.6 is 0 Å². The van der Waals surface area contributed by atoms with Gasteiger partial charge in [0.2, 0.25) is 0 Å². The monoisotopic (exact) mass is 279 g/mol. The summed E-state index contributed by atoms with van der Waals surface area (Å²) in [6, 6.07) is 4.63. The van der Waals surface area contributed by atoms with E-state index in [1.165, 1.54) is 12.1 Å². The van der Waals surface area contributed by atoms with E-state index in [0.717, 1.165) is 5.56 Å². The lowest BCUT2D eigenvalue weighted by atomic mass is 10.1. The summed E-state index contributed by atoms with van der Waals surface area (Å²) < 4.78 is 24.4. The van der Waals surface area contributed by atoms with Gasteiger partial charge in [0.1, 0.15) is 5.82 Å². The zero-order valence-corrected chi connectivity index (χ0v) is 12.3. The van der Waals surface area contributed by atoms with Crippen LogP contribution in [-0.2, 0) is 16.1 Å². The lowest BCUT2D eigenvalue weighted by molar-refractivity contribution is -0.0377. The Morgan fingerprint density at radius 1 is 1.20 bits per heavy atom. The predicted molar refractivity (Wildman–Crippen MR) is 77.7 cm³/mol. The summed E-state index contributed by atoms with van der Waals surface area (Å²) >= 11 is 0. The molecule has 20 heavy (non-hydrogen) atoms. The summed E-state index contributed by atoms with van der Waals surface area (Å²) in [7, 11) is 0. The Labute approximate surface area is 120 Å². The molecule has 0 aliphatic rings. The highest BCUT2D eigenvalue weighted by Crippen LogP contribution is 2.10. The van der Waals surface area contributed by atoms with Gasteiger partial charge in [-0.05, 0) is 44.5 Å². The standard InChI is InChI=1S/C16H22FNO2/c1-16(2,3)20-8-7-19-12-14-9-13(5-4-6-18)10-15(17)11-14/h9-11H,6-8,12,18H2,1-3H3. The maximum atomic E-state index is 13.4. The Morgan fingerprint density at radius 2 is 1.95 bits per heavy atom. The van der Waals surface area contributed by atoms with E-state index in [-0.39, 0.29) is 18.0 Å². The van der Waals surface area contributed by atoms with Crippen molar-refractivity contribution in [3.05, 3.63) is 35.1 Å². The molecular weight excluding hydrogens is 257 g/mol. The first kappa shape index (κ1) is 16.6. The first-order valence-electron chi connectivity index (χ1n) is 6.61. The number of benzene rings is 1. The van der Waals surface area contributed by atoms with Gasteiger partial charge in [-0.1, -0.05) is 11.8 Å². The van der Waals surface area contributed by atoms with Crippen molar-refractivity contribution in [2.24, 2.45) is 5.73 Å². The second-order valence-corrected chi connectivity index (χ2v) is 5.37. The average Bonchev–Trinajstić information content (AvgIpc) is 2.34.